The van der Waals surface area contributed by atoms with Crippen LogP contribution in [0.25, 0.3) is 0 Å². The first-order valence-electron chi connectivity index (χ1n) is 6.47. The lowest BCUT2D eigenvalue weighted by Crippen LogP contribution is -2.27. The van der Waals surface area contributed by atoms with E-state index in [2.05, 4.69) is 22.2 Å². The van der Waals surface area contributed by atoms with Crippen molar-refractivity contribution in [3.63, 3.8) is 0 Å². The van der Waals surface area contributed by atoms with E-state index in [-0.39, 0.29) is 0 Å². The van der Waals surface area contributed by atoms with Gasteiger partial charge in [-0.05, 0) is 31.7 Å². The summed E-state index contributed by atoms with van der Waals surface area (Å²) in [5.41, 5.74) is 1.06. The first kappa shape index (κ1) is 12.5. The van der Waals surface area contributed by atoms with E-state index in [1.54, 1.807) is 12.4 Å². The van der Waals surface area contributed by atoms with Crippen molar-refractivity contribution in [3.8, 4) is 0 Å². The second-order valence-electron chi connectivity index (χ2n) is 4.53. The average molecular weight is 235 g/mol. The van der Waals surface area contributed by atoms with Gasteiger partial charge in [0.2, 0.25) is 0 Å². The Morgan fingerprint density at radius 2 is 2.24 bits per heavy atom. The molecule has 1 aliphatic heterocycles. The van der Waals surface area contributed by atoms with Gasteiger partial charge in [0.1, 0.15) is 0 Å². The minimum absolute atomic E-state index is 0.330. The molecule has 0 spiro atoms. The summed E-state index contributed by atoms with van der Waals surface area (Å²) in [5, 5.41) is 3.50. The zero-order valence-electron chi connectivity index (χ0n) is 10.4. The Morgan fingerprint density at radius 3 is 2.88 bits per heavy atom. The normalized spacial score (nSPS) is 19.1. The number of rotatable bonds is 5. The first-order chi connectivity index (χ1) is 8.40. The predicted molar refractivity (Wildman–Crippen MR) is 66.6 cm³/mol. The van der Waals surface area contributed by atoms with Crippen LogP contribution < -0.4 is 5.32 Å². The summed E-state index contributed by atoms with van der Waals surface area (Å²) in [7, 11) is 0. The van der Waals surface area contributed by atoms with Crippen LogP contribution in [0.15, 0.2) is 18.6 Å². The van der Waals surface area contributed by atoms with E-state index in [1.807, 2.05) is 6.20 Å². The summed E-state index contributed by atoms with van der Waals surface area (Å²) in [6, 6.07) is 0.330. The molecular weight excluding hydrogens is 214 g/mol. The molecule has 2 rings (SSSR count). The van der Waals surface area contributed by atoms with E-state index in [9.17, 15) is 0 Å². The van der Waals surface area contributed by atoms with Crippen molar-refractivity contribution in [2.45, 2.75) is 32.2 Å². The van der Waals surface area contributed by atoms with E-state index in [1.165, 1.54) is 12.8 Å². The van der Waals surface area contributed by atoms with Crippen molar-refractivity contribution < 1.29 is 4.74 Å². The molecule has 0 aromatic carbocycles. The summed E-state index contributed by atoms with van der Waals surface area (Å²) in [6.45, 7) is 4.91. The van der Waals surface area contributed by atoms with Gasteiger partial charge < -0.3 is 10.1 Å². The molecule has 1 unspecified atom stereocenters. The minimum atomic E-state index is 0.330. The molecule has 1 aromatic rings. The zero-order chi connectivity index (χ0) is 11.9. The van der Waals surface area contributed by atoms with Crippen LogP contribution in [0.2, 0.25) is 0 Å². The van der Waals surface area contributed by atoms with Gasteiger partial charge in [0.25, 0.3) is 0 Å². The third kappa shape index (κ3) is 3.75. The fraction of sp³-hybridized carbons (Fsp3) is 0.692. The van der Waals surface area contributed by atoms with E-state index >= 15 is 0 Å². The third-order valence-corrected chi connectivity index (χ3v) is 3.30. The van der Waals surface area contributed by atoms with E-state index in [0.717, 1.165) is 37.8 Å². The lowest BCUT2D eigenvalue weighted by molar-refractivity contribution is 0.0604. The quantitative estimate of drug-likeness (QED) is 0.847. The van der Waals surface area contributed by atoms with Gasteiger partial charge in [0, 0.05) is 31.8 Å². The highest BCUT2D eigenvalue weighted by atomic mass is 16.5. The molecule has 1 saturated heterocycles. The fourth-order valence-corrected chi connectivity index (χ4v) is 2.36. The molecule has 0 saturated carbocycles. The molecule has 0 bridgehead atoms. The van der Waals surface area contributed by atoms with Gasteiger partial charge in [-0.15, -0.1) is 0 Å². The highest BCUT2D eigenvalue weighted by molar-refractivity contribution is 5.02. The molecule has 1 atom stereocenters. The monoisotopic (exact) mass is 235 g/mol. The summed E-state index contributed by atoms with van der Waals surface area (Å²) in [6.07, 6.45) is 8.83. The molecule has 4 nitrogen and oxygen atoms in total. The molecule has 1 N–H and O–H groups in total. The van der Waals surface area contributed by atoms with Crippen molar-refractivity contribution in [2.24, 2.45) is 5.92 Å². The van der Waals surface area contributed by atoms with Crippen molar-refractivity contribution in [1.82, 2.24) is 15.3 Å². The Morgan fingerprint density at radius 1 is 1.41 bits per heavy atom. The van der Waals surface area contributed by atoms with Gasteiger partial charge in [-0.1, -0.05) is 6.92 Å². The van der Waals surface area contributed by atoms with Gasteiger partial charge in [-0.2, -0.15) is 0 Å². The highest BCUT2D eigenvalue weighted by Crippen LogP contribution is 2.26. The van der Waals surface area contributed by atoms with Gasteiger partial charge in [0.05, 0.1) is 11.7 Å². The minimum Gasteiger partial charge on any atom is -0.381 e. The molecule has 1 aromatic heterocycles. The maximum Gasteiger partial charge on any atom is 0.0756 e. The number of nitrogens with one attached hydrogen (secondary N) is 1. The number of hydrogen-bond donors (Lipinski definition) is 1. The second-order valence-corrected chi connectivity index (χ2v) is 4.53. The first-order valence-corrected chi connectivity index (χ1v) is 6.47. The van der Waals surface area contributed by atoms with Crippen LogP contribution in [-0.2, 0) is 4.74 Å². The number of nitrogens with zero attached hydrogens (tertiary/aromatic N) is 2. The molecule has 2 heterocycles. The third-order valence-electron chi connectivity index (χ3n) is 3.30. The Kier molecular flexibility index (Phi) is 4.88. The predicted octanol–water partition coefficient (Wildman–Crippen LogP) is 1.94. The van der Waals surface area contributed by atoms with E-state index in [4.69, 9.17) is 4.74 Å². The Bertz CT molecular complexity index is 312. The van der Waals surface area contributed by atoms with Crippen molar-refractivity contribution in [2.75, 3.05) is 19.8 Å². The van der Waals surface area contributed by atoms with Crippen LogP contribution >= 0.6 is 0 Å². The molecule has 0 amide bonds. The lowest BCUT2D eigenvalue weighted by atomic mass is 9.91. The van der Waals surface area contributed by atoms with Crippen LogP contribution in [0.4, 0.5) is 0 Å². The lowest BCUT2D eigenvalue weighted by Gasteiger charge is -2.26. The van der Waals surface area contributed by atoms with Crippen LogP contribution in [0, 0.1) is 5.92 Å². The molecule has 0 aliphatic carbocycles. The largest absolute Gasteiger partial charge is 0.381 e. The second kappa shape index (κ2) is 6.67. The average Bonchev–Trinajstić information content (AvgIpc) is 2.40. The standard InChI is InChI=1S/C13H21N3O/c1-2-15-12(13-10-14-5-6-16-13)9-11-3-7-17-8-4-11/h5-6,10-12,15H,2-4,7-9H2,1H3. The molecule has 1 aliphatic rings. The van der Waals surface area contributed by atoms with Gasteiger partial charge >= 0.3 is 0 Å². The van der Waals surface area contributed by atoms with Crippen molar-refractivity contribution in [1.29, 1.82) is 0 Å². The summed E-state index contributed by atoms with van der Waals surface area (Å²) in [5.74, 6) is 0.745. The van der Waals surface area contributed by atoms with E-state index < -0.39 is 0 Å². The number of hydrogen-bond acceptors (Lipinski definition) is 4. The molecule has 94 valence electrons. The Hall–Kier alpha value is -1.00. The Balaban J connectivity index is 1.96. The maximum absolute atomic E-state index is 5.40. The van der Waals surface area contributed by atoms with E-state index in [0.29, 0.717) is 6.04 Å². The van der Waals surface area contributed by atoms with Gasteiger partial charge in [-0.25, -0.2) is 0 Å². The fourth-order valence-electron chi connectivity index (χ4n) is 2.36. The van der Waals surface area contributed by atoms with Crippen molar-refractivity contribution in [3.05, 3.63) is 24.3 Å². The maximum atomic E-state index is 5.40. The van der Waals surface area contributed by atoms with Gasteiger partial charge in [0.15, 0.2) is 0 Å². The summed E-state index contributed by atoms with van der Waals surface area (Å²) >= 11 is 0. The van der Waals surface area contributed by atoms with Crippen molar-refractivity contribution >= 4 is 0 Å². The number of aromatic nitrogens is 2. The molecule has 0 radical (unpaired) electrons. The smallest absolute Gasteiger partial charge is 0.0756 e. The topological polar surface area (TPSA) is 47.0 Å². The molecule has 4 heteroatoms. The number of ether oxygens (including phenoxy) is 1. The van der Waals surface area contributed by atoms with Crippen LogP contribution in [0.3, 0.4) is 0 Å². The summed E-state index contributed by atoms with van der Waals surface area (Å²) < 4.78 is 5.40. The Labute approximate surface area is 103 Å². The molecular formula is C13H21N3O. The highest BCUT2D eigenvalue weighted by Gasteiger charge is 2.20. The van der Waals surface area contributed by atoms with Crippen LogP contribution in [-0.4, -0.2) is 29.7 Å². The molecule has 1 fully saturated rings. The SMILES string of the molecule is CCNC(CC1CCOCC1)c1cnccn1. The van der Waals surface area contributed by atoms with Crippen LogP contribution in [0.5, 0.6) is 0 Å². The van der Waals surface area contributed by atoms with Gasteiger partial charge in [-0.3, -0.25) is 9.97 Å². The van der Waals surface area contributed by atoms with Crippen LogP contribution in [0.1, 0.15) is 37.9 Å². The zero-order valence-corrected chi connectivity index (χ0v) is 10.4. The summed E-state index contributed by atoms with van der Waals surface area (Å²) in [4.78, 5) is 8.56. The molecule has 17 heavy (non-hydrogen) atoms.